The quantitative estimate of drug-likeness (QED) is 0.151. The zero-order chi connectivity index (χ0) is 42.2. The molecule has 0 unspecified atom stereocenters. The zero-order valence-electron chi connectivity index (χ0n) is 31.4. The maximum atomic E-state index is 14.8. The molecule has 2 fully saturated rings. The number of carbonyl (C=O) groups excluding carboxylic acids is 8. The van der Waals surface area contributed by atoms with Gasteiger partial charge in [0, 0.05) is 27.7 Å². The number of methoxy groups -OCH3 is 2. The Bertz CT molecular complexity index is 1930. The molecular weight excluding hydrogens is 780 g/mol. The summed E-state index contributed by atoms with van der Waals surface area (Å²) in [6, 6.07) is 13.7. The van der Waals surface area contributed by atoms with Gasteiger partial charge in [-0.25, -0.2) is 22.8 Å². The van der Waals surface area contributed by atoms with Crippen LogP contribution in [0.1, 0.15) is 38.1 Å². The Morgan fingerprint density at radius 3 is 1.65 bits per heavy atom. The van der Waals surface area contributed by atoms with Gasteiger partial charge in [-0.05, 0) is 24.3 Å². The zero-order valence-corrected chi connectivity index (χ0v) is 32.2. The van der Waals surface area contributed by atoms with Crippen LogP contribution in [-0.2, 0) is 86.0 Å². The summed E-state index contributed by atoms with van der Waals surface area (Å²) < 4.78 is 79.2. The van der Waals surface area contributed by atoms with Crippen LogP contribution in [0.4, 0.5) is 0 Å². The third-order valence-corrected chi connectivity index (χ3v) is 11.1. The van der Waals surface area contributed by atoms with Crippen molar-refractivity contribution in [3.05, 3.63) is 66.2 Å². The van der Waals surface area contributed by atoms with E-state index in [1.54, 1.807) is 6.07 Å². The van der Waals surface area contributed by atoms with Crippen molar-refractivity contribution in [1.29, 1.82) is 0 Å². The SMILES string of the molecule is COC(=O)[C@H]1O[C@H](C=O)[C@H](OC(C)=O)[C@H]([C@@H](OC(C)=O)[C@H]2O[C@@H](C(=O)OC)[C@H](OC(C)=O)[C@@H](OC(=O)c3ccccc3)[C@H]2OC(C)=O)[C@H]1S(=O)(=O)c1ccccc1. The number of benzene rings is 2. The summed E-state index contributed by atoms with van der Waals surface area (Å²) in [4.78, 5) is 104. The number of rotatable bonds is 13. The van der Waals surface area contributed by atoms with Crippen LogP contribution in [0.2, 0.25) is 0 Å². The highest BCUT2D eigenvalue weighted by Crippen LogP contribution is 2.43. The lowest BCUT2D eigenvalue weighted by Gasteiger charge is -2.50. The molecule has 2 aromatic carbocycles. The number of hydrogen-bond donors (Lipinski definition) is 0. The van der Waals surface area contributed by atoms with Crippen LogP contribution in [0.15, 0.2) is 65.6 Å². The highest BCUT2D eigenvalue weighted by Gasteiger charge is 2.65. The van der Waals surface area contributed by atoms with Crippen LogP contribution in [0.3, 0.4) is 0 Å². The Kier molecular flexibility index (Phi) is 14.6. The van der Waals surface area contributed by atoms with Crippen molar-refractivity contribution in [2.75, 3.05) is 14.2 Å². The molecule has 0 saturated carbocycles. The number of ether oxygens (including phenoxy) is 9. The van der Waals surface area contributed by atoms with Crippen LogP contribution in [0.25, 0.3) is 0 Å². The van der Waals surface area contributed by atoms with Crippen molar-refractivity contribution in [2.45, 2.75) is 92.8 Å². The molecule has 2 saturated heterocycles. The first-order valence-corrected chi connectivity index (χ1v) is 18.7. The Labute approximate surface area is 326 Å². The average molecular weight is 821 g/mol. The second-order valence-electron chi connectivity index (χ2n) is 12.7. The molecule has 4 rings (SSSR count). The van der Waals surface area contributed by atoms with E-state index in [2.05, 4.69) is 0 Å². The maximum Gasteiger partial charge on any atom is 0.339 e. The number of hydrogen-bond acceptors (Lipinski definition) is 19. The molecule has 0 spiro atoms. The van der Waals surface area contributed by atoms with Gasteiger partial charge < -0.3 is 47.4 Å². The van der Waals surface area contributed by atoms with Gasteiger partial charge in [0.1, 0.15) is 23.6 Å². The maximum absolute atomic E-state index is 14.8. The molecule has 2 aromatic rings. The van der Waals surface area contributed by atoms with Gasteiger partial charge in [-0.15, -0.1) is 0 Å². The lowest BCUT2D eigenvalue weighted by Crippen LogP contribution is -2.71. The fourth-order valence-corrected chi connectivity index (χ4v) is 8.81. The minimum Gasteiger partial charge on any atom is -0.467 e. The molecule has 57 heavy (non-hydrogen) atoms. The summed E-state index contributed by atoms with van der Waals surface area (Å²) in [6.07, 6.45) is -18.7. The van der Waals surface area contributed by atoms with Crippen LogP contribution < -0.4 is 0 Å². The van der Waals surface area contributed by atoms with Crippen molar-refractivity contribution in [3.8, 4) is 0 Å². The Hall–Kier alpha value is -5.73. The second-order valence-corrected chi connectivity index (χ2v) is 14.8. The highest BCUT2D eigenvalue weighted by atomic mass is 32.2. The van der Waals surface area contributed by atoms with E-state index in [4.69, 9.17) is 42.6 Å². The largest absolute Gasteiger partial charge is 0.467 e. The van der Waals surface area contributed by atoms with Crippen LogP contribution in [0.5, 0.6) is 0 Å². The molecule has 0 amide bonds. The summed E-state index contributed by atoms with van der Waals surface area (Å²) in [7, 11) is -3.12. The van der Waals surface area contributed by atoms with Crippen molar-refractivity contribution in [1.82, 2.24) is 0 Å². The first kappa shape index (κ1) is 44.0. The number of esters is 7. The van der Waals surface area contributed by atoms with Crippen molar-refractivity contribution in [3.63, 3.8) is 0 Å². The predicted molar refractivity (Wildman–Crippen MR) is 186 cm³/mol. The summed E-state index contributed by atoms with van der Waals surface area (Å²) in [5.74, 6) is -10.3. The van der Waals surface area contributed by atoms with Crippen molar-refractivity contribution < 1.29 is 89.4 Å². The predicted octanol–water partition coefficient (Wildman–Crippen LogP) is 0.477. The molecular formula is C37H40O19S. The lowest BCUT2D eigenvalue weighted by atomic mass is 9.78. The Morgan fingerprint density at radius 1 is 0.632 bits per heavy atom. The average Bonchev–Trinajstić information content (AvgIpc) is 3.17. The molecule has 2 heterocycles. The molecule has 0 N–H and O–H groups in total. The summed E-state index contributed by atoms with van der Waals surface area (Å²) in [5, 5.41) is -2.29. The van der Waals surface area contributed by atoms with Crippen LogP contribution >= 0.6 is 0 Å². The number of carbonyl (C=O) groups is 8. The molecule has 19 nitrogen and oxygen atoms in total. The molecule has 2 aliphatic heterocycles. The first-order chi connectivity index (χ1) is 27.0. The minimum absolute atomic E-state index is 0.0713. The monoisotopic (exact) mass is 820 g/mol. The normalized spacial score (nSPS) is 27.6. The fraction of sp³-hybridized carbons (Fsp3) is 0.459. The summed E-state index contributed by atoms with van der Waals surface area (Å²) in [5.41, 5.74) is -0.0713. The number of sulfone groups is 1. The lowest BCUT2D eigenvalue weighted by molar-refractivity contribution is -0.269. The van der Waals surface area contributed by atoms with Crippen LogP contribution in [-0.4, -0.2) is 131 Å². The van der Waals surface area contributed by atoms with E-state index >= 15 is 0 Å². The summed E-state index contributed by atoms with van der Waals surface area (Å²) in [6.45, 7) is 3.63. The standard InChI is InChI=1S/C37H40O19S/c1-18(39)50-26-24(17-38)54-33(37(45)49-6)34(57(46,47)23-15-11-8-12-16-23)25(26)27(51-19(2)40)28-29(52-20(3)41)30(56-35(43)22-13-9-7-10-14-22)31(53-21(4)42)32(55-28)36(44)48-5/h7-17,24-34H,1-6H3/t24-,25-,26+,27-,28-,29+,30+,31-,32-,33+,34-/m1/s1. The van der Waals surface area contributed by atoms with E-state index in [0.29, 0.717) is 0 Å². The molecule has 0 radical (unpaired) electrons. The first-order valence-electron chi connectivity index (χ1n) is 17.1. The van der Waals surface area contributed by atoms with Crippen molar-refractivity contribution >= 4 is 57.9 Å². The molecule has 0 aliphatic carbocycles. The smallest absolute Gasteiger partial charge is 0.339 e. The third kappa shape index (κ3) is 9.99. The molecule has 0 bridgehead atoms. The molecule has 308 valence electrons. The van der Waals surface area contributed by atoms with E-state index in [0.717, 1.165) is 54.0 Å². The fourth-order valence-electron chi connectivity index (χ4n) is 6.74. The van der Waals surface area contributed by atoms with E-state index in [1.165, 1.54) is 42.5 Å². The van der Waals surface area contributed by atoms with Gasteiger partial charge in [0.15, 0.2) is 52.7 Å². The van der Waals surface area contributed by atoms with Gasteiger partial charge in [-0.1, -0.05) is 36.4 Å². The molecule has 20 heteroatoms. The molecule has 11 atom stereocenters. The van der Waals surface area contributed by atoms with E-state index in [-0.39, 0.29) is 11.8 Å². The summed E-state index contributed by atoms with van der Waals surface area (Å²) >= 11 is 0. The van der Waals surface area contributed by atoms with E-state index in [1.807, 2.05) is 0 Å². The van der Waals surface area contributed by atoms with Gasteiger partial charge in [-0.3, -0.25) is 19.2 Å². The van der Waals surface area contributed by atoms with Gasteiger partial charge in [-0.2, -0.15) is 0 Å². The van der Waals surface area contributed by atoms with Crippen molar-refractivity contribution in [2.24, 2.45) is 5.92 Å². The minimum atomic E-state index is -4.94. The van der Waals surface area contributed by atoms with Gasteiger partial charge >= 0.3 is 41.8 Å². The molecule has 2 aliphatic rings. The Morgan fingerprint density at radius 2 is 1.14 bits per heavy atom. The molecule has 0 aromatic heterocycles. The van der Waals surface area contributed by atoms with Gasteiger partial charge in [0.25, 0.3) is 0 Å². The van der Waals surface area contributed by atoms with Crippen LogP contribution in [0, 0.1) is 5.92 Å². The van der Waals surface area contributed by atoms with Gasteiger partial charge in [0.05, 0.1) is 30.6 Å². The van der Waals surface area contributed by atoms with E-state index < -0.39 is 123 Å². The third-order valence-electron chi connectivity index (χ3n) is 8.85. The number of aldehydes is 1. The Balaban J connectivity index is 2.10. The van der Waals surface area contributed by atoms with Gasteiger partial charge in [0.2, 0.25) is 0 Å². The second kappa shape index (κ2) is 18.9. The topological polar surface area (TPSA) is 254 Å². The highest BCUT2D eigenvalue weighted by molar-refractivity contribution is 7.92. The van der Waals surface area contributed by atoms with E-state index in [9.17, 15) is 46.8 Å².